The maximum Gasteiger partial charge on any atom is 0.315 e. The van der Waals surface area contributed by atoms with E-state index in [1.54, 1.807) is 6.92 Å². The van der Waals surface area contributed by atoms with E-state index in [4.69, 9.17) is 0 Å². The summed E-state index contributed by atoms with van der Waals surface area (Å²) in [4.78, 5) is 30.9. The number of carbonyl (C=O) groups is 2. The summed E-state index contributed by atoms with van der Waals surface area (Å²) in [5.41, 5.74) is 0. The molecule has 0 saturated heterocycles. The summed E-state index contributed by atoms with van der Waals surface area (Å²) < 4.78 is 4.32. The van der Waals surface area contributed by atoms with E-state index in [2.05, 4.69) is 9.91 Å². The summed E-state index contributed by atoms with van der Waals surface area (Å²) in [6.45, 7) is 1.66. The van der Waals surface area contributed by atoms with Crippen molar-refractivity contribution < 1.29 is 14.3 Å². The Labute approximate surface area is 70.1 Å². The number of esters is 2. The minimum atomic E-state index is -0.687. The highest BCUT2D eigenvalue weighted by molar-refractivity contribution is 5.85. The summed E-state index contributed by atoms with van der Waals surface area (Å²) in [6, 6.07) is 0. The van der Waals surface area contributed by atoms with Crippen LogP contribution in [0, 0.1) is 4.91 Å². The van der Waals surface area contributed by atoms with E-state index < -0.39 is 11.9 Å². The van der Waals surface area contributed by atoms with Gasteiger partial charge in [0.2, 0.25) is 0 Å². The van der Waals surface area contributed by atoms with Crippen molar-refractivity contribution in [1.29, 1.82) is 0 Å². The lowest BCUT2D eigenvalue weighted by Crippen LogP contribution is -2.12. The minimum absolute atomic E-state index is 0.126. The Kier molecular flexibility index (Phi) is 5.77. The SMILES string of the molecule is CCCC(=O)OC(=O)CCN=O. The second-order valence-corrected chi connectivity index (χ2v) is 2.20. The lowest BCUT2D eigenvalue weighted by atomic mass is 10.3. The number of nitroso groups, excluding NO2 is 1. The molecule has 5 nitrogen and oxygen atoms in total. The maximum atomic E-state index is 10.7. The summed E-state index contributed by atoms with van der Waals surface area (Å²) in [5.74, 6) is -1.23. The van der Waals surface area contributed by atoms with Crippen LogP contribution in [0.1, 0.15) is 26.2 Å². The molecule has 0 radical (unpaired) electrons. The maximum absolute atomic E-state index is 10.7. The zero-order chi connectivity index (χ0) is 9.40. The molecule has 0 heterocycles. The predicted molar refractivity (Wildman–Crippen MR) is 41.3 cm³/mol. The number of hydrogen-bond acceptors (Lipinski definition) is 5. The molecule has 0 spiro atoms. The van der Waals surface area contributed by atoms with Crippen LogP contribution in [0.4, 0.5) is 0 Å². The van der Waals surface area contributed by atoms with Gasteiger partial charge in [0.1, 0.15) is 0 Å². The van der Waals surface area contributed by atoms with Crippen molar-refractivity contribution >= 4 is 11.9 Å². The lowest BCUT2D eigenvalue weighted by molar-refractivity contribution is -0.159. The number of hydrogen-bond donors (Lipinski definition) is 0. The molecule has 0 amide bonds. The normalized spacial score (nSPS) is 9.08. The van der Waals surface area contributed by atoms with Gasteiger partial charge in [-0.25, -0.2) is 0 Å². The molecule has 0 aromatic heterocycles. The van der Waals surface area contributed by atoms with Gasteiger partial charge in [-0.3, -0.25) is 9.59 Å². The Hall–Kier alpha value is -1.26. The molecular formula is C7H11NO4. The van der Waals surface area contributed by atoms with Gasteiger partial charge < -0.3 is 4.74 Å². The summed E-state index contributed by atoms with van der Waals surface area (Å²) in [5, 5.41) is 2.47. The fourth-order valence-electron chi connectivity index (χ4n) is 0.570. The molecule has 0 aromatic rings. The van der Waals surface area contributed by atoms with Crippen molar-refractivity contribution in [3.8, 4) is 0 Å². The van der Waals surface area contributed by atoms with Crippen LogP contribution < -0.4 is 0 Å². The zero-order valence-electron chi connectivity index (χ0n) is 6.91. The van der Waals surface area contributed by atoms with Gasteiger partial charge in [-0.2, -0.15) is 4.91 Å². The Morgan fingerprint density at radius 1 is 1.25 bits per heavy atom. The van der Waals surface area contributed by atoms with Crippen LogP contribution in [0.25, 0.3) is 0 Å². The smallest absolute Gasteiger partial charge is 0.315 e. The summed E-state index contributed by atoms with van der Waals surface area (Å²) >= 11 is 0. The largest absolute Gasteiger partial charge is 0.393 e. The van der Waals surface area contributed by atoms with Gasteiger partial charge in [-0.15, -0.1) is 0 Å². The summed E-state index contributed by atoms with van der Waals surface area (Å²) in [6.07, 6.45) is 0.733. The van der Waals surface area contributed by atoms with E-state index in [0.29, 0.717) is 6.42 Å². The fourth-order valence-corrected chi connectivity index (χ4v) is 0.570. The van der Waals surface area contributed by atoms with Crippen molar-refractivity contribution in [2.75, 3.05) is 6.54 Å². The van der Waals surface area contributed by atoms with Crippen molar-refractivity contribution in [1.82, 2.24) is 0 Å². The first-order valence-corrected chi connectivity index (χ1v) is 3.73. The van der Waals surface area contributed by atoms with Gasteiger partial charge in [0.05, 0.1) is 13.0 Å². The Balaban J connectivity index is 3.54. The predicted octanol–water partition coefficient (Wildman–Crippen LogP) is 1.01. The topological polar surface area (TPSA) is 72.8 Å². The number of carbonyl (C=O) groups excluding carboxylic acids is 2. The molecule has 0 saturated carbocycles. The van der Waals surface area contributed by atoms with Crippen LogP contribution >= 0.6 is 0 Å². The van der Waals surface area contributed by atoms with Crippen LogP contribution in [-0.4, -0.2) is 18.5 Å². The molecule has 0 aliphatic carbocycles. The van der Waals surface area contributed by atoms with Crippen LogP contribution in [0.2, 0.25) is 0 Å². The van der Waals surface area contributed by atoms with Crippen LogP contribution in [-0.2, 0) is 14.3 Å². The first-order chi connectivity index (χ1) is 5.70. The number of rotatable bonds is 5. The highest BCUT2D eigenvalue weighted by atomic mass is 16.6. The van der Waals surface area contributed by atoms with Gasteiger partial charge in [0.25, 0.3) is 0 Å². The Morgan fingerprint density at radius 3 is 2.33 bits per heavy atom. The molecule has 0 N–H and O–H groups in total. The van der Waals surface area contributed by atoms with Crippen LogP contribution in [0.15, 0.2) is 5.18 Å². The number of nitrogens with zero attached hydrogens (tertiary/aromatic N) is 1. The molecule has 0 aromatic carbocycles. The molecule has 0 fully saturated rings. The van der Waals surface area contributed by atoms with Crippen molar-refractivity contribution in [2.45, 2.75) is 26.2 Å². The van der Waals surface area contributed by atoms with Gasteiger partial charge in [-0.05, 0) is 6.42 Å². The first kappa shape index (κ1) is 10.7. The highest BCUT2D eigenvalue weighted by Crippen LogP contribution is 1.94. The van der Waals surface area contributed by atoms with E-state index in [0.717, 1.165) is 0 Å². The number of ether oxygens (including phenoxy) is 1. The van der Waals surface area contributed by atoms with Crippen LogP contribution in [0.5, 0.6) is 0 Å². The zero-order valence-corrected chi connectivity index (χ0v) is 6.91. The average molecular weight is 173 g/mol. The monoisotopic (exact) mass is 173 g/mol. The van der Waals surface area contributed by atoms with Crippen molar-refractivity contribution in [2.24, 2.45) is 5.18 Å². The molecule has 5 heteroatoms. The van der Waals surface area contributed by atoms with Crippen molar-refractivity contribution in [3.63, 3.8) is 0 Å². The second kappa shape index (κ2) is 6.45. The molecular weight excluding hydrogens is 162 g/mol. The van der Waals surface area contributed by atoms with Gasteiger partial charge in [-0.1, -0.05) is 12.1 Å². The van der Waals surface area contributed by atoms with Gasteiger partial charge in [0.15, 0.2) is 0 Å². The van der Waals surface area contributed by atoms with E-state index in [1.165, 1.54) is 0 Å². The third kappa shape index (κ3) is 5.52. The summed E-state index contributed by atoms with van der Waals surface area (Å²) in [7, 11) is 0. The molecule has 68 valence electrons. The van der Waals surface area contributed by atoms with E-state index in [-0.39, 0.29) is 19.4 Å². The molecule has 0 bridgehead atoms. The quantitative estimate of drug-likeness (QED) is 0.353. The molecule has 0 aliphatic heterocycles. The lowest BCUT2D eigenvalue weighted by Gasteiger charge is -1.98. The molecule has 12 heavy (non-hydrogen) atoms. The minimum Gasteiger partial charge on any atom is -0.393 e. The Morgan fingerprint density at radius 2 is 1.83 bits per heavy atom. The highest BCUT2D eigenvalue weighted by Gasteiger charge is 2.08. The molecule has 0 atom stereocenters. The van der Waals surface area contributed by atoms with E-state index >= 15 is 0 Å². The van der Waals surface area contributed by atoms with Crippen molar-refractivity contribution in [3.05, 3.63) is 4.91 Å². The first-order valence-electron chi connectivity index (χ1n) is 3.73. The fraction of sp³-hybridized carbons (Fsp3) is 0.714. The van der Waals surface area contributed by atoms with Gasteiger partial charge in [0, 0.05) is 6.42 Å². The Bertz CT molecular complexity index is 178. The van der Waals surface area contributed by atoms with Crippen LogP contribution in [0.3, 0.4) is 0 Å². The third-order valence-electron chi connectivity index (χ3n) is 1.09. The second-order valence-electron chi connectivity index (χ2n) is 2.20. The average Bonchev–Trinajstić information content (AvgIpc) is 2.01. The standard InChI is InChI=1S/C7H11NO4/c1-2-3-6(9)12-7(10)4-5-8-11/h2-5H2,1H3. The third-order valence-corrected chi connectivity index (χ3v) is 1.09. The van der Waals surface area contributed by atoms with E-state index in [1.807, 2.05) is 0 Å². The molecule has 0 unspecified atom stereocenters. The molecule has 0 aliphatic rings. The van der Waals surface area contributed by atoms with E-state index in [9.17, 15) is 14.5 Å². The van der Waals surface area contributed by atoms with Gasteiger partial charge >= 0.3 is 11.9 Å². The molecule has 0 rings (SSSR count).